The largest absolute Gasteiger partial charge is 0.573 e. The Hall–Kier alpha value is -6.48. The summed E-state index contributed by atoms with van der Waals surface area (Å²) >= 11 is 1.55. The van der Waals surface area contributed by atoms with E-state index in [0.29, 0.717) is 28.3 Å². The highest BCUT2D eigenvalue weighted by Gasteiger charge is 2.44. The molecule has 1 aliphatic heterocycles. The fraction of sp³-hybridized carbons (Fsp3) is 0.370. The van der Waals surface area contributed by atoms with Gasteiger partial charge in [0.2, 0.25) is 17.7 Å². The van der Waals surface area contributed by atoms with E-state index in [1.807, 2.05) is 31.2 Å². The lowest BCUT2D eigenvalue weighted by Crippen LogP contribution is -2.58. The van der Waals surface area contributed by atoms with Gasteiger partial charge in [-0.05, 0) is 59.9 Å². The fourth-order valence-electron chi connectivity index (χ4n) is 7.00. The number of benzene rings is 3. The highest BCUT2D eigenvalue weighted by molar-refractivity contribution is 7.13. The molecule has 350 valence electrons. The predicted molar refractivity (Wildman–Crippen MR) is 239 cm³/mol. The number of hydrogen-bond donors (Lipinski definition) is 5. The van der Waals surface area contributed by atoms with Gasteiger partial charge in [0.15, 0.2) is 0 Å². The van der Waals surface area contributed by atoms with Crippen LogP contribution >= 0.6 is 11.3 Å². The molecule has 0 saturated carbocycles. The maximum Gasteiger partial charge on any atom is 0.573 e. The summed E-state index contributed by atoms with van der Waals surface area (Å²) in [7, 11) is 0. The van der Waals surface area contributed by atoms with Crippen LogP contribution in [0.25, 0.3) is 21.7 Å². The summed E-state index contributed by atoms with van der Waals surface area (Å²) in [6.45, 7) is 7.65. The highest BCUT2D eigenvalue weighted by Crippen LogP contribution is 2.30. The standard InChI is InChI=1S/C46H51F3N8O8S/c1-28-40(66-27-54-28)30-10-8-29(9-11-30)23-51-43(61)37-21-34(58)24-57(37)44(62)41(45(2,3)4)56-39(59)25-64-19-18-63-17-16-50-42(60)32-7-5-6-31(20-32)36-22-38(53-26-52-36)55-33-12-14-35(15-13-33)65-46(47,48)49/h5-15,20,22,26-27,34,37,41,58H,16-19,21,23-25H2,1-4H3,(H,50,60)(H,51,61)(H,56,59)(H,52,53,55)/t34-,37+,41?/m1/s1. The number of amides is 4. The zero-order valence-electron chi connectivity index (χ0n) is 36.7. The molecule has 1 unspecified atom stereocenters. The van der Waals surface area contributed by atoms with Crippen molar-refractivity contribution in [2.75, 3.05) is 44.8 Å². The Balaban J connectivity index is 0.896. The molecule has 5 aromatic rings. The Kier molecular flexibility index (Phi) is 16.4. The lowest BCUT2D eigenvalue weighted by molar-refractivity contribution is -0.274. The summed E-state index contributed by atoms with van der Waals surface area (Å²) in [5, 5.41) is 22.0. The number of likely N-dealkylation sites (tertiary alicyclic amines) is 1. The highest BCUT2D eigenvalue weighted by atomic mass is 32.1. The van der Waals surface area contributed by atoms with Crippen molar-refractivity contribution >= 4 is 46.5 Å². The van der Waals surface area contributed by atoms with Gasteiger partial charge in [0.05, 0.1) is 47.7 Å². The van der Waals surface area contributed by atoms with Crippen LogP contribution in [0, 0.1) is 12.3 Å². The van der Waals surface area contributed by atoms with Gasteiger partial charge in [0, 0.05) is 48.9 Å². The van der Waals surface area contributed by atoms with E-state index in [9.17, 15) is 37.5 Å². The third-order valence-electron chi connectivity index (χ3n) is 10.3. The molecular weight excluding hydrogens is 882 g/mol. The van der Waals surface area contributed by atoms with Crippen molar-refractivity contribution in [3.8, 4) is 27.4 Å². The molecule has 3 atom stereocenters. The molecule has 3 aromatic carbocycles. The van der Waals surface area contributed by atoms with Crippen molar-refractivity contribution in [3.05, 3.63) is 108 Å². The number of nitrogens with zero attached hydrogens (tertiary/aromatic N) is 4. The van der Waals surface area contributed by atoms with Crippen molar-refractivity contribution in [1.82, 2.24) is 35.8 Å². The predicted octanol–water partition coefficient (Wildman–Crippen LogP) is 5.79. The van der Waals surface area contributed by atoms with Crippen LogP contribution in [0.1, 0.15) is 48.8 Å². The van der Waals surface area contributed by atoms with Gasteiger partial charge in [-0.1, -0.05) is 57.2 Å². The maximum absolute atomic E-state index is 13.9. The summed E-state index contributed by atoms with van der Waals surface area (Å²) in [6, 6.07) is 19.4. The van der Waals surface area contributed by atoms with Gasteiger partial charge >= 0.3 is 6.36 Å². The normalized spacial score (nSPS) is 15.5. The van der Waals surface area contributed by atoms with E-state index in [2.05, 4.69) is 41.0 Å². The van der Waals surface area contributed by atoms with Crippen LogP contribution in [0.15, 0.2) is 90.7 Å². The van der Waals surface area contributed by atoms with Crippen molar-refractivity contribution < 1.29 is 51.7 Å². The van der Waals surface area contributed by atoms with Crippen molar-refractivity contribution in [2.45, 2.75) is 65.2 Å². The molecule has 2 aromatic heterocycles. The number of carbonyl (C=O) groups is 4. The summed E-state index contributed by atoms with van der Waals surface area (Å²) in [4.78, 5) is 68.4. The van der Waals surface area contributed by atoms with E-state index in [0.717, 1.165) is 21.7 Å². The molecule has 0 bridgehead atoms. The molecule has 1 fully saturated rings. The SMILES string of the molecule is Cc1ncsc1-c1ccc(CNC(=O)[C@@H]2C[C@@H](O)CN2C(=O)C(NC(=O)COCCOCCNC(=O)c2cccc(-c3cc(Nc4ccc(OC(F)(F)F)cc4)ncn3)c2)C(C)(C)C)cc1. The molecular formula is C46H51F3N8O8S. The first-order chi connectivity index (χ1) is 31.4. The van der Waals surface area contributed by atoms with E-state index in [4.69, 9.17) is 9.47 Å². The number of β-amino-alcohol motifs (C(OH)–C–C–N with tert-alkyl or cyclic N) is 1. The number of halogens is 3. The van der Waals surface area contributed by atoms with E-state index >= 15 is 0 Å². The van der Waals surface area contributed by atoms with Gasteiger partial charge in [0.1, 0.15) is 36.6 Å². The lowest BCUT2D eigenvalue weighted by Gasteiger charge is -2.35. The van der Waals surface area contributed by atoms with Crippen molar-refractivity contribution in [3.63, 3.8) is 0 Å². The van der Waals surface area contributed by atoms with Crippen LogP contribution in [-0.4, -0.2) is 113 Å². The second kappa shape index (κ2) is 22.1. The molecule has 3 heterocycles. The number of carbonyl (C=O) groups excluding carboxylic acids is 4. The average Bonchev–Trinajstić information content (AvgIpc) is 3.90. The van der Waals surface area contributed by atoms with E-state index in [-0.39, 0.29) is 64.1 Å². The Morgan fingerprint density at radius 1 is 0.894 bits per heavy atom. The molecule has 0 aliphatic carbocycles. The van der Waals surface area contributed by atoms with Gasteiger partial charge in [-0.15, -0.1) is 24.5 Å². The second-order valence-corrected chi connectivity index (χ2v) is 17.3. The minimum Gasteiger partial charge on any atom is -0.406 e. The molecule has 66 heavy (non-hydrogen) atoms. The first-order valence-electron chi connectivity index (χ1n) is 21.0. The smallest absolute Gasteiger partial charge is 0.406 e. The number of ether oxygens (including phenoxy) is 3. The first-order valence-corrected chi connectivity index (χ1v) is 21.9. The zero-order valence-corrected chi connectivity index (χ0v) is 37.5. The summed E-state index contributed by atoms with van der Waals surface area (Å²) in [5.74, 6) is -1.78. The number of nitrogens with one attached hydrogen (secondary N) is 4. The monoisotopic (exact) mass is 932 g/mol. The van der Waals surface area contributed by atoms with Gasteiger partial charge in [0.25, 0.3) is 5.91 Å². The molecule has 6 rings (SSSR count). The number of aromatic nitrogens is 3. The topological polar surface area (TPSA) is 206 Å². The fourth-order valence-corrected chi connectivity index (χ4v) is 7.81. The minimum absolute atomic E-state index is 0.0526. The molecule has 1 saturated heterocycles. The number of aliphatic hydroxyl groups excluding tert-OH is 1. The number of rotatable bonds is 19. The van der Waals surface area contributed by atoms with Crippen LogP contribution in [0.2, 0.25) is 0 Å². The van der Waals surface area contributed by atoms with Crippen LogP contribution in [0.3, 0.4) is 0 Å². The summed E-state index contributed by atoms with van der Waals surface area (Å²) in [5.41, 5.74) is 5.84. The Bertz CT molecular complexity index is 2450. The molecule has 16 nitrogen and oxygen atoms in total. The van der Waals surface area contributed by atoms with Crippen LogP contribution < -0.4 is 26.0 Å². The number of aliphatic hydroxyl groups is 1. The minimum atomic E-state index is -4.80. The number of anilines is 2. The van der Waals surface area contributed by atoms with Gasteiger partial charge in [-0.25, -0.2) is 15.0 Å². The molecule has 20 heteroatoms. The summed E-state index contributed by atoms with van der Waals surface area (Å²) < 4.78 is 52.4. The third kappa shape index (κ3) is 14.0. The molecule has 0 spiro atoms. The third-order valence-corrected chi connectivity index (χ3v) is 11.3. The summed E-state index contributed by atoms with van der Waals surface area (Å²) in [6.07, 6.45) is -4.32. The van der Waals surface area contributed by atoms with Gasteiger partial charge in [-0.2, -0.15) is 0 Å². The second-order valence-electron chi connectivity index (χ2n) is 16.4. The van der Waals surface area contributed by atoms with E-state index in [1.165, 1.54) is 35.5 Å². The average molecular weight is 933 g/mol. The van der Waals surface area contributed by atoms with Crippen LogP contribution in [-0.2, 0) is 30.4 Å². The Morgan fingerprint density at radius 3 is 2.33 bits per heavy atom. The van der Waals surface area contributed by atoms with Crippen LogP contribution in [0.4, 0.5) is 24.7 Å². The van der Waals surface area contributed by atoms with Gasteiger partial charge in [-0.3, -0.25) is 19.2 Å². The van der Waals surface area contributed by atoms with Crippen LogP contribution in [0.5, 0.6) is 5.75 Å². The molecule has 1 aliphatic rings. The number of alkyl halides is 3. The number of aryl methyl sites for hydroxylation is 1. The number of hydrogen-bond acceptors (Lipinski definition) is 13. The Morgan fingerprint density at radius 2 is 1.64 bits per heavy atom. The van der Waals surface area contributed by atoms with Gasteiger partial charge < -0.3 is 45.5 Å². The quantitative estimate of drug-likeness (QED) is 0.0625. The van der Waals surface area contributed by atoms with E-state index < -0.39 is 47.7 Å². The zero-order chi connectivity index (χ0) is 47.4. The molecule has 0 radical (unpaired) electrons. The first kappa shape index (κ1) is 49.0. The van der Waals surface area contributed by atoms with Crippen molar-refractivity contribution in [2.24, 2.45) is 5.41 Å². The number of thiazole rings is 1. The van der Waals surface area contributed by atoms with E-state index in [1.54, 1.807) is 68.0 Å². The molecule has 4 amide bonds. The maximum atomic E-state index is 13.9. The Labute approximate surface area is 383 Å². The van der Waals surface area contributed by atoms with Crippen molar-refractivity contribution in [1.29, 1.82) is 0 Å². The lowest BCUT2D eigenvalue weighted by atomic mass is 9.85. The molecule has 5 N–H and O–H groups in total.